The van der Waals surface area contributed by atoms with Gasteiger partial charge in [0.05, 0.1) is 13.3 Å². The Bertz CT molecular complexity index is 708. The van der Waals surface area contributed by atoms with Crippen molar-refractivity contribution in [2.24, 2.45) is 0 Å². The molecule has 0 atom stereocenters. The number of furan rings is 1. The fourth-order valence-corrected chi connectivity index (χ4v) is 1.76. The molecule has 0 bridgehead atoms. The zero-order valence-corrected chi connectivity index (χ0v) is 9.62. The molecule has 3 rings (SSSR count). The third kappa shape index (κ3) is 1.64. The molecule has 0 aliphatic heterocycles. The van der Waals surface area contributed by atoms with Crippen LogP contribution in [0.2, 0.25) is 0 Å². The van der Waals surface area contributed by atoms with Gasteiger partial charge in [-0.3, -0.25) is 0 Å². The number of nitrogens with zero attached hydrogens (tertiary/aromatic N) is 3. The topological polar surface area (TPSA) is 87.1 Å². The Labute approximate surface area is 102 Å². The summed E-state index contributed by atoms with van der Waals surface area (Å²) in [5, 5.41) is 8.28. The molecule has 0 aliphatic rings. The van der Waals surface area contributed by atoms with Gasteiger partial charge in [0.1, 0.15) is 5.69 Å². The molecule has 0 saturated heterocycles. The van der Waals surface area contributed by atoms with Crippen molar-refractivity contribution >= 4 is 16.9 Å². The molecular formula is C12H10N4O2. The van der Waals surface area contributed by atoms with Gasteiger partial charge < -0.3 is 14.9 Å². The molecule has 0 radical (unpaired) electrons. The Kier molecular flexibility index (Phi) is 2.33. The van der Waals surface area contributed by atoms with E-state index in [1.54, 1.807) is 7.11 Å². The lowest BCUT2D eigenvalue weighted by Crippen LogP contribution is -1.97. The van der Waals surface area contributed by atoms with E-state index in [1.807, 2.05) is 24.3 Å². The molecule has 0 saturated carbocycles. The van der Waals surface area contributed by atoms with E-state index in [1.165, 1.54) is 6.20 Å². The van der Waals surface area contributed by atoms with Gasteiger partial charge in [-0.25, -0.2) is 4.98 Å². The number of benzene rings is 1. The Balaban J connectivity index is 2.19. The largest absolute Gasteiger partial charge is 0.493 e. The van der Waals surface area contributed by atoms with Gasteiger partial charge in [-0.2, -0.15) is 5.10 Å². The van der Waals surface area contributed by atoms with E-state index in [-0.39, 0.29) is 5.95 Å². The predicted octanol–water partition coefficient (Wildman–Crippen LogP) is 1.88. The highest BCUT2D eigenvalue weighted by atomic mass is 16.5. The van der Waals surface area contributed by atoms with Crippen LogP contribution in [-0.4, -0.2) is 22.3 Å². The lowest BCUT2D eigenvalue weighted by molar-refractivity contribution is 0.411. The summed E-state index contributed by atoms with van der Waals surface area (Å²) >= 11 is 0. The fraction of sp³-hybridized carbons (Fsp3) is 0.0833. The summed E-state index contributed by atoms with van der Waals surface area (Å²) < 4.78 is 11.0. The second-order valence-corrected chi connectivity index (χ2v) is 3.69. The molecule has 0 fully saturated rings. The van der Waals surface area contributed by atoms with E-state index in [2.05, 4.69) is 15.2 Å². The van der Waals surface area contributed by atoms with Crippen molar-refractivity contribution < 1.29 is 9.15 Å². The third-order valence-corrected chi connectivity index (χ3v) is 2.56. The molecule has 6 nitrogen and oxygen atoms in total. The van der Waals surface area contributed by atoms with Gasteiger partial charge in [-0.15, -0.1) is 5.10 Å². The number of hydrogen-bond donors (Lipinski definition) is 1. The molecule has 2 heterocycles. The van der Waals surface area contributed by atoms with Crippen molar-refractivity contribution in [1.29, 1.82) is 0 Å². The summed E-state index contributed by atoms with van der Waals surface area (Å²) in [4.78, 5) is 4.06. The van der Waals surface area contributed by atoms with E-state index >= 15 is 0 Å². The molecular weight excluding hydrogens is 232 g/mol. The summed E-state index contributed by atoms with van der Waals surface area (Å²) in [6, 6.07) is 7.53. The zero-order valence-electron chi connectivity index (χ0n) is 9.62. The highest BCUT2D eigenvalue weighted by molar-refractivity contribution is 5.86. The number of anilines is 1. The maximum Gasteiger partial charge on any atom is 0.240 e. The summed E-state index contributed by atoms with van der Waals surface area (Å²) in [7, 11) is 1.60. The summed E-state index contributed by atoms with van der Waals surface area (Å²) in [6.45, 7) is 0. The average Bonchev–Trinajstić information content (AvgIpc) is 2.82. The van der Waals surface area contributed by atoms with Crippen molar-refractivity contribution in [2.75, 3.05) is 12.8 Å². The second-order valence-electron chi connectivity index (χ2n) is 3.69. The number of para-hydroxylation sites is 1. The molecule has 2 aromatic heterocycles. The fourth-order valence-electron chi connectivity index (χ4n) is 1.76. The van der Waals surface area contributed by atoms with Crippen LogP contribution >= 0.6 is 0 Å². The number of methoxy groups -OCH3 is 1. The van der Waals surface area contributed by atoms with Crippen molar-refractivity contribution in [2.45, 2.75) is 0 Å². The average molecular weight is 242 g/mol. The van der Waals surface area contributed by atoms with Gasteiger partial charge in [-0.1, -0.05) is 12.1 Å². The molecule has 90 valence electrons. The molecule has 0 unspecified atom stereocenters. The van der Waals surface area contributed by atoms with Crippen molar-refractivity contribution in [3.8, 4) is 17.2 Å². The first-order valence-corrected chi connectivity index (χ1v) is 5.30. The zero-order chi connectivity index (χ0) is 12.5. The minimum Gasteiger partial charge on any atom is -0.493 e. The SMILES string of the molecule is COc1cccc2cc(-c3cnnc(N)n3)oc12. The van der Waals surface area contributed by atoms with Crippen LogP contribution in [-0.2, 0) is 0 Å². The van der Waals surface area contributed by atoms with E-state index in [0.717, 1.165) is 5.39 Å². The molecule has 0 aliphatic carbocycles. The first-order valence-electron chi connectivity index (χ1n) is 5.30. The number of aromatic nitrogens is 3. The van der Waals surface area contributed by atoms with Gasteiger partial charge in [0.15, 0.2) is 17.1 Å². The van der Waals surface area contributed by atoms with Gasteiger partial charge in [-0.05, 0) is 12.1 Å². The number of nitrogens with two attached hydrogens (primary N) is 1. The summed E-state index contributed by atoms with van der Waals surface area (Å²) in [6.07, 6.45) is 1.50. The monoisotopic (exact) mass is 242 g/mol. The molecule has 0 spiro atoms. The Morgan fingerprint density at radius 2 is 2.22 bits per heavy atom. The third-order valence-electron chi connectivity index (χ3n) is 2.56. The lowest BCUT2D eigenvalue weighted by Gasteiger charge is -1.98. The standard InChI is InChI=1S/C12H10N4O2/c1-17-9-4-2-3-7-5-10(18-11(7)9)8-6-14-16-12(13)15-8/h2-6H,1H3,(H2,13,15,16). The number of hydrogen-bond acceptors (Lipinski definition) is 6. The van der Waals surface area contributed by atoms with E-state index in [4.69, 9.17) is 14.9 Å². The van der Waals surface area contributed by atoms with Crippen molar-refractivity contribution in [3.63, 3.8) is 0 Å². The molecule has 0 amide bonds. The molecule has 1 aromatic carbocycles. The van der Waals surface area contributed by atoms with Crippen LogP contribution < -0.4 is 10.5 Å². The van der Waals surface area contributed by atoms with Crippen LogP contribution in [0.5, 0.6) is 5.75 Å². The molecule has 18 heavy (non-hydrogen) atoms. The van der Waals surface area contributed by atoms with E-state index in [0.29, 0.717) is 22.8 Å². The minimum atomic E-state index is 0.111. The quantitative estimate of drug-likeness (QED) is 0.738. The number of fused-ring (bicyclic) bond motifs is 1. The Morgan fingerprint density at radius 3 is 3.00 bits per heavy atom. The smallest absolute Gasteiger partial charge is 0.240 e. The molecule has 3 aromatic rings. The van der Waals surface area contributed by atoms with Crippen LogP contribution in [0.25, 0.3) is 22.4 Å². The van der Waals surface area contributed by atoms with Gasteiger partial charge in [0.25, 0.3) is 0 Å². The lowest BCUT2D eigenvalue weighted by atomic mass is 10.2. The summed E-state index contributed by atoms with van der Waals surface area (Å²) in [5.74, 6) is 1.37. The molecule has 2 N–H and O–H groups in total. The van der Waals surface area contributed by atoms with Gasteiger partial charge >= 0.3 is 0 Å². The maximum atomic E-state index is 5.72. The van der Waals surface area contributed by atoms with Crippen LogP contribution in [0.1, 0.15) is 0 Å². The molecule has 6 heteroatoms. The van der Waals surface area contributed by atoms with Crippen molar-refractivity contribution in [3.05, 3.63) is 30.5 Å². The van der Waals surface area contributed by atoms with Crippen LogP contribution in [0.3, 0.4) is 0 Å². The highest BCUT2D eigenvalue weighted by Gasteiger charge is 2.11. The minimum absolute atomic E-state index is 0.111. The first-order chi connectivity index (χ1) is 8.78. The first kappa shape index (κ1) is 10.5. The van der Waals surface area contributed by atoms with Gasteiger partial charge in [0, 0.05) is 5.39 Å². The number of rotatable bonds is 2. The predicted molar refractivity (Wildman–Crippen MR) is 66.0 cm³/mol. The Morgan fingerprint density at radius 1 is 1.33 bits per heavy atom. The highest BCUT2D eigenvalue weighted by Crippen LogP contribution is 2.32. The van der Waals surface area contributed by atoms with Crippen molar-refractivity contribution in [1.82, 2.24) is 15.2 Å². The normalized spacial score (nSPS) is 10.7. The number of nitrogen functional groups attached to an aromatic ring is 1. The van der Waals surface area contributed by atoms with E-state index < -0.39 is 0 Å². The Hall–Kier alpha value is -2.63. The van der Waals surface area contributed by atoms with E-state index in [9.17, 15) is 0 Å². The number of ether oxygens (including phenoxy) is 1. The van der Waals surface area contributed by atoms with Gasteiger partial charge in [0.2, 0.25) is 5.95 Å². The maximum absolute atomic E-state index is 5.72. The van der Waals surface area contributed by atoms with Crippen LogP contribution in [0.15, 0.2) is 34.9 Å². The van der Waals surface area contributed by atoms with Crippen LogP contribution in [0, 0.1) is 0 Å². The second kappa shape index (κ2) is 3.99. The van der Waals surface area contributed by atoms with Crippen LogP contribution in [0.4, 0.5) is 5.95 Å². The summed E-state index contributed by atoms with van der Waals surface area (Å²) in [5.41, 5.74) is 6.71.